The summed E-state index contributed by atoms with van der Waals surface area (Å²) in [5.74, 6) is -2.43. The van der Waals surface area contributed by atoms with Crippen LogP contribution >= 0.6 is 0 Å². The Labute approximate surface area is 131 Å². The van der Waals surface area contributed by atoms with E-state index >= 15 is 0 Å². The number of aryl methyl sites for hydroxylation is 2. The molecular formula is C17H14F2N2O2. The van der Waals surface area contributed by atoms with E-state index in [0.717, 1.165) is 23.3 Å². The fraction of sp³-hybridized carbons (Fsp3) is 0.176. The Morgan fingerprint density at radius 3 is 2.48 bits per heavy atom. The van der Waals surface area contributed by atoms with Crippen molar-refractivity contribution in [2.75, 3.05) is 0 Å². The fourth-order valence-corrected chi connectivity index (χ4v) is 2.48. The van der Waals surface area contributed by atoms with Gasteiger partial charge < -0.3 is 9.67 Å². The second kappa shape index (κ2) is 5.79. The molecule has 0 aliphatic rings. The fourth-order valence-electron chi connectivity index (χ4n) is 2.48. The van der Waals surface area contributed by atoms with Crippen LogP contribution in [0.4, 0.5) is 8.78 Å². The Kier molecular flexibility index (Phi) is 3.82. The van der Waals surface area contributed by atoms with Crippen LogP contribution in [-0.4, -0.2) is 20.6 Å². The lowest BCUT2D eigenvalue weighted by Crippen LogP contribution is -2.06. The van der Waals surface area contributed by atoms with Crippen LogP contribution in [0.5, 0.6) is 0 Å². The van der Waals surface area contributed by atoms with Crippen LogP contribution in [0, 0.1) is 18.6 Å². The van der Waals surface area contributed by atoms with E-state index in [1.807, 2.05) is 31.2 Å². The molecule has 0 radical (unpaired) electrons. The standard InChI is InChI=1S/C17H14F2N2O2/c1-10-2-4-11(5-3-10)17-20-14-8-12(18)13(19)9-15(14)21(17)7-6-16(22)23/h2-5,8-9H,6-7H2,1H3,(H,22,23). The van der Waals surface area contributed by atoms with Crippen molar-refractivity contribution in [2.45, 2.75) is 19.9 Å². The molecule has 0 unspecified atom stereocenters. The Morgan fingerprint density at radius 1 is 1.17 bits per heavy atom. The summed E-state index contributed by atoms with van der Waals surface area (Å²) >= 11 is 0. The smallest absolute Gasteiger partial charge is 0.305 e. The van der Waals surface area contributed by atoms with Crippen LogP contribution in [0.2, 0.25) is 0 Å². The molecule has 23 heavy (non-hydrogen) atoms. The number of fused-ring (bicyclic) bond motifs is 1. The molecule has 0 amide bonds. The van der Waals surface area contributed by atoms with Gasteiger partial charge in [-0.05, 0) is 6.92 Å². The molecular weight excluding hydrogens is 302 g/mol. The van der Waals surface area contributed by atoms with Crippen molar-refractivity contribution in [1.29, 1.82) is 0 Å². The third kappa shape index (κ3) is 2.92. The topological polar surface area (TPSA) is 55.1 Å². The number of nitrogens with zero attached hydrogens (tertiary/aromatic N) is 2. The van der Waals surface area contributed by atoms with Gasteiger partial charge in [0.2, 0.25) is 0 Å². The van der Waals surface area contributed by atoms with Crippen LogP contribution in [0.15, 0.2) is 36.4 Å². The molecule has 1 aromatic heterocycles. The van der Waals surface area contributed by atoms with E-state index in [9.17, 15) is 13.6 Å². The maximum Gasteiger partial charge on any atom is 0.305 e. The van der Waals surface area contributed by atoms with Crippen molar-refractivity contribution in [3.8, 4) is 11.4 Å². The molecule has 0 fully saturated rings. The third-order valence-corrected chi connectivity index (χ3v) is 3.65. The number of carboxylic acids is 1. The van der Waals surface area contributed by atoms with Crippen molar-refractivity contribution in [3.05, 3.63) is 53.6 Å². The summed E-state index contributed by atoms with van der Waals surface area (Å²) in [5, 5.41) is 8.91. The summed E-state index contributed by atoms with van der Waals surface area (Å²) in [6.45, 7) is 2.07. The van der Waals surface area contributed by atoms with Gasteiger partial charge in [-0.3, -0.25) is 4.79 Å². The number of carbonyl (C=O) groups is 1. The Hall–Kier alpha value is -2.76. The van der Waals surface area contributed by atoms with Crippen molar-refractivity contribution in [3.63, 3.8) is 0 Å². The lowest BCUT2D eigenvalue weighted by atomic mass is 10.1. The number of rotatable bonds is 4. The van der Waals surface area contributed by atoms with Gasteiger partial charge in [-0.1, -0.05) is 29.8 Å². The predicted octanol–water partition coefficient (Wildman–Crippen LogP) is 3.76. The maximum absolute atomic E-state index is 13.6. The first kappa shape index (κ1) is 15.1. The Balaban J connectivity index is 2.20. The highest BCUT2D eigenvalue weighted by molar-refractivity contribution is 5.81. The lowest BCUT2D eigenvalue weighted by molar-refractivity contribution is -0.137. The van der Waals surface area contributed by atoms with Crippen LogP contribution in [0.3, 0.4) is 0 Å². The average Bonchev–Trinajstić information content (AvgIpc) is 2.84. The molecule has 3 aromatic rings. The molecule has 4 nitrogen and oxygen atoms in total. The normalized spacial score (nSPS) is 11.1. The molecule has 2 aromatic carbocycles. The van der Waals surface area contributed by atoms with E-state index in [1.165, 1.54) is 0 Å². The highest BCUT2D eigenvalue weighted by Gasteiger charge is 2.16. The number of carboxylic acid groups (broad SMARTS) is 1. The number of imidazole rings is 1. The molecule has 6 heteroatoms. The zero-order valence-corrected chi connectivity index (χ0v) is 12.4. The summed E-state index contributed by atoms with van der Waals surface area (Å²) in [6.07, 6.45) is -0.136. The summed E-state index contributed by atoms with van der Waals surface area (Å²) < 4.78 is 28.6. The lowest BCUT2D eigenvalue weighted by Gasteiger charge is -2.08. The predicted molar refractivity (Wildman–Crippen MR) is 82.1 cm³/mol. The quantitative estimate of drug-likeness (QED) is 0.797. The van der Waals surface area contributed by atoms with Crippen LogP contribution in [0.1, 0.15) is 12.0 Å². The van der Waals surface area contributed by atoms with Gasteiger partial charge in [-0.2, -0.15) is 0 Å². The third-order valence-electron chi connectivity index (χ3n) is 3.65. The maximum atomic E-state index is 13.6. The first-order valence-electron chi connectivity index (χ1n) is 7.10. The zero-order valence-electron chi connectivity index (χ0n) is 12.4. The van der Waals surface area contributed by atoms with Crippen molar-refractivity contribution in [2.24, 2.45) is 0 Å². The molecule has 0 bridgehead atoms. The number of aliphatic carboxylic acids is 1. The summed E-state index contributed by atoms with van der Waals surface area (Å²) in [4.78, 5) is 15.2. The average molecular weight is 316 g/mol. The minimum absolute atomic E-state index is 0.125. The van der Waals surface area contributed by atoms with E-state index in [1.54, 1.807) is 4.57 Å². The SMILES string of the molecule is Cc1ccc(-c2nc3cc(F)c(F)cc3n2CCC(=O)O)cc1. The summed E-state index contributed by atoms with van der Waals surface area (Å²) in [5.41, 5.74) is 2.50. The van der Waals surface area contributed by atoms with Gasteiger partial charge in [0, 0.05) is 24.2 Å². The highest BCUT2D eigenvalue weighted by Crippen LogP contribution is 2.27. The number of halogens is 2. The number of aromatic nitrogens is 2. The monoisotopic (exact) mass is 316 g/mol. The highest BCUT2D eigenvalue weighted by atomic mass is 19.2. The van der Waals surface area contributed by atoms with Gasteiger partial charge in [-0.15, -0.1) is 0 Å². The molecule has 0 aliphatic carbocycles. The zero-order chi connectivity index (χ0) is 16.6. The van der Waals surface area contributed by atoms with Crippen molar-refractivity contribution in [1.82, 2.24) is 9.55 Å². The van der Waals surface area contributed by atoms with Gasteiger partial charge in [-0.25, -0.2) is 13.8 Å². The van der Waals surface area contributed by atoms with Gasteiger partial charge in [0.05, 0.1) is 17.5 Å². The number of hydrogen-bond acceptors (Lipinski definition) is 2. The summed E-state index contributed by atoms with van der Waals surface area (Å²) in [6, 6.07) is 9.58. The van der Waals surface area contributed by atoms with Crippen molar-refractivity contribution < 1.29 is 18.7 Å². The number of benzene rings is 2. The molecule has 1 heterocycles. The first-order valence-corrected chi connectivity index (χ1v) is 7.10. The minimum Gasteiger partial charge on any atom is -0.481 e. The van der Waals surface area contributed by atoms with Crippen LogP contribution in [-0.2, 0) is 11.3 Å². The Bertz CT molecular complexity index is 886. The molecule has 3 rings (SSSR count). The molecule has 0 aliphatic heterocycles. The van der Waals surface area contributed by atoms with E-state index in [2.05, 4.69) is 4.98 Å². The summed E-state index contributed by atoms with van der Waals surface area (Å²) in [7, 11) is 0. The van der Waals surface area contributed by atoms with Crippen molar-refractivity contribution >= 4 is 17.0 Å². The molecule has 0 spiro atoms. The van der Waals surface area contributed by atoms with Gasteiger partial charge in [0.1, 0.15) is 5.82 Å². The van der Waals surface area contributed by atoms with Gasteiger partial charge >= 0.3 is 5.97 Å². The van der Waals surface area contributed by atoms with E-state index in [-0.39, 0.29) is 13.0 Å². The van der Waals surface area contributed by atoms with Gasteiger partial charge in [0.15, 0.2) is 11.6 Å². The largest absolute Gasteiger partial charge is 0.481 e. The number of hydrogen-bond donors (Lipinski definition) is 1. The van der Waals surface area contributed by atoms with E-state index < -0.39 is 17.6 Å². The molecule has 118 valence electrons. The molecule has 0 atom stereocenters. The molecule has 0 saturated carbocycles. The minimum atomic E-state index is -0.982. The van der Waals surface area contributed by atoms with E-state index in [0.29, 0.717) is 16.9 Å². The second-order valence-corrected chi connectivity index (χ2v) is 5.35. The molecule has 1 N–H and O–H groups in total. The molecule has 0 saturated heterocycles. The van der Waals surface area contributed by atoms with Gasteiger partial charge in [0.25, 0.3) is 0 Å². The second-order valence-electron chi connectivity index (χ2n) is 5.35. The Morgan fingerprint density at radius 2 is 1.83 bits per heavy atom. The van der Waals surface area contributed by atoms with Crippen LogP contribution < -0.4 is 0 Å². The first-order chi connectivity index (χ1) is 11.0. The van der Waals surface area contributed by atoms with Crippen LogP contribution in [0.25, 0.3) is 22.4 Å². The van der Waals surface area contributed by atoms with E-state index in [4.69, 9.17) is 5.11 Å².